The molecule has 0 spiro atoms. The van der Waals surface area contributed by atoms with Crippen molar-refractivity contribution in [1.29, 1.82) is 0 Å². The molecule has 0 aromatic heterocycles. The van der Waals surface area contributed by atoms with Gasteiger partial charge in [-0.05, 0) is 66.5 Å². The summed E-state index contributed by atoms with van der Waals surface area (Å²) in [6, 6.07) is 9.05. The number of hydrogen-bond acceptors (Lipinski definition) is 6. The minimum atomic E-state index is -5.19. The number of carbonyl (C=O) groups is 4. The molecule has 0 unspecified atom stereocenters. The molecule has 2 aliphatic rings. The molecule has 2 heterocycles. The van der Waals surface area contributed by atoms with E-state index in [1.165, 1.54) is 11.1 Å². The number of aliphatic carboxylic acids is 2. The topological polar surface area (TPSA) is 114 Å². The van der Waals surface area contributed by atoms with E-state index < -0.39 is 44.4 Å². The number of benzene rings is 1. The Kier molecular flexibility index (Phi) is 19.3. The maximum atomic E-state index is 12.4. The molecule has 6 nitrogen and oxygen atoms in total. The van der Waals surface area contributed by atoms with E-state index in [9.17, 15) is 35.9 Å². The summed E-state index contributed by atoms with van der Waals surface area (Å²) in [6.45, 7) is 18.6. The Morgan fingerprint density at radius 2 is 0.878 bits per heavy atom. The summed E-state index contributed by atoms with van der Waals surface area (Å²) >= 11 is 14.2. The van der Waals surface area contributed by atoms with Crippen LogP contribution in [0.1, 0.15) is 93.6 Å². The van der Waals surface area contributed by atoms with Gasteiger partial charge in [-0.3, -0.25) is 9.59 Å². The minimum absolute atomic E-state index is 0. The summed E-state index contributed by atoms with van der Waals surface area (Å²) < 4.78 is 67.5. The number of rotatable bonds is 4. The van der Waals surface area contributed by atoms with Gasteiger partial charge in [-0.1, -0.05) is 59.1 Å². The molecule has 0 amide bonds. The first-order valence-corrected chi connectivity index (χ1v) is 19.0. The van der Waals surface area contributed by atoms with Gasteiger partial charge in [0.1, 0.15) is 23.5 Å². The van der Waals surface area contributed by atoms with Gasteiger partial charge in [-0.25, -0.2) is 0 Å². The fourth-order valence-electron chi connectivity index (χ4n) is 6.60. The molecule has 2 fully saturated rings. The van der Waals surface area contributed by atoms with E-state index in [1.807, 2.05) is 0 Å². The molecule has 1 aromatic carbocycles. The van der Waals surface area contributed by atoms with Crippen molar-refractivity contribution in [2.24, 2.45) is 0 Å². The van der Waals surface area contributed by atoms with Crippen molar-refractivity contribution in [2.45, 2.75) is 131 Å². The van der Waals surface area contributed by atoms with E-state index in [-0.39, 0.29) is 41.0 Å². The van der Waals surface area contributed by atoms with Crippen LogP contribution in [0.2, 0.25) is 0 Å². The summed E-state index contributed by atoms with van der Waals surface area (Å²) in [4.78, 5) is 42.3. The van der Waals surface area contributed by atoms with Gasteiger partial charge >= 0.3 is 32.8 Å². The van der Waals surface area contributed by atoms with E-state index in [0.29, 0.717) is 11.6 Å². The summed E-state index contributed by atoms with van der Waals surface area (Å²) in [5.74, 6) is -5.14. The molecule has 0 N–H and O–H groups in total. The van der Waals surface area contributed by atoms with Gasteiger partial charge in [0.15, 0.2) is 4.27 Å². The third-order valence-electron chi connectivity index (χ3n) is 8.14. The van der Waals surface area contributed by atoms with Crippen LogP contribution in [0.25, 0.3) is 0 Å². The monoisotopic (exact) mass is 899 g/mol. The van der Waals surface area contributed by atoms with E-state index in [0.717, 1.165) is 38.0 Å². The number of carbonyl (C=O) groups excluding carboxylic acids is 4. The van der Waals surface area contributed by atoms with Crippen molar-refractivity contribution in [1.82, 2.24) is 0 Å². The molecule has 49 heavy (non-hydrogen) atoms. The quantitative estimate of drug-likeness (QED) is 0.134. The zero-order chi connectivity index (χ0) is 39.2. The van der Waals surface area contributed by atoms with E-state index in [2.05, 4.69) is 79.7 Å². The first kappa shape index (κ1) is 48.5. The van der Waals surface area contributed by atoms with Gasteiger partial charge in [-0.15, -0.1) is 0 Å². The Morgan fingerprint density at radius 3 is 1.04 bits per heavy atom. The SMILES string of the molecule is CC1(C)CC(=O)CC(C)(C)[PH+]1Cc1ccccc1C[PH+]1C(C)(C)CC(=O)CC1(C)C.O=C([O-])C(F)(F)F.O=C([O-])C(F)(F)F.[2H]C(Cl)(Cl)Cl.[Pd+2]. The molecule has 3 rings (SSSR count). The van der Waals surface area contributed by atoms with Crippen LogP contribution in [0.5, 0.6) is 0 Å². The summed E-state index contributed by atoms with van der Waals surface area (Å²) in [7, 11) is -1.55. The van der Waals surface area contributed by atoms with Crippen molar-refractivity contribution < 1.29 is 77.5 Å². The Hall–Kier alpha value is -0.528. The van der Waals surface area contributed by atoms with Gasteiger partial charge < -0.3 is 19.8 Å². The molecule has 0 bridgehead atoms. The van der Waals surface area contributed by atoms with Gasteiger partial charge in [0, 0.05) is 41.5 Å². The summed E-state index contributed by atoms with van der Waals surface area (Å²) in [5, 5.41) is 18.1. The standard InChI is InChI=1S/C26H40O2P2.2C2HF3O2.CHCl3.Pd/c1-23(2)13-21(27)14-24(3,4)29(23)17-19-11-9-10-12-20(19)18-30-25(5,6)15-22(28)16-26(30,7)8;2*3-2(4,5)1(6)7;2-1(3)4;/h9-12H,13-18H2,1-8H3;2*(H,6,7);1H;/q;;;;+2/i;;;1D;. The zero-order valence-corrected chi connectivity index (χ0v) is 34.0. The fraction of sp³-hybridized carbons (Fsp3) is 0.677. The molecule has 2 saturated heterocycles. The van der Waals surface area contributed by atoms with Crippen molar-refractivity contribution in [2.75, 3.05) is 0 Å². The van der Waals surface area contributed by atoms with Crippen LogP contribution in [0.4, 0.5) is 26.3 Å². The normalized spacial score (nSPS) is 20.4. The summed E-state index contributed by atoms with van der Waals surface area (Å²) in [5.41, 5.74) is 3.01. The van der Waals surface area contributed by atoms with E-state index >= 15 is 0 Å². The van der Waals surface area contributed by atoms with Crippen LogP contribution in [-0.2, 0) is 51.9 Å². The first-order valence-electron chi connectivity index (χ1n) is 15.0. The van der Waals surface area contributed by atoms with Crippen LogP contribution in [0.3, 0.4) is 0 Å². The molecule has 18 heteroatoms. The van der Waals surface area contributed by atoms with Crippen LogP contribution in [-0.4, -0.2) is 60.8 Å². The van der Waals surface area contributed by atoms with E-state index in [4.69, 9.17) is 56.0 Å². The molecule has 0 aliphatic carbocycles. The number of halogens is 9. The molecule has 1 aromatic rings. The van der Waals surface area contributed by atoms with Crippen LogP contribution in [0, 0.1) is 0 Å². The van der Waals surface area contributed by atoms with Crippen molar-refractivity contribution >= 4 is 74.2 Å². The molecular weight excluding hydrogens is 857 g/mol. The molecule has 0 radical (unpaired) electrons. The maximum absolute atomic E-state index is 12.4. The number of Topliss-reactive ketones (excluding diaryl/α,β-unsaturated/α-hetero) is 2. The predicted molar refractivity (Wildman–Crippen MR) is 179 cm³/mol. The third-order valence-corrected chi connectivity index (χ3v) is 16.9. The zero-order valence-electron chi connectivity index (χ0n) is 29.2. The van der Waals surface area contributed by atoms with Gasteiger partial charge in [-0.2, -0.15) is 26.3 Å². The molecule has 284 valence electrons. The van der Waals surface area contributed by atoms with Crippen LogP contribution >= 0.6 is 50.6 Å². The largest absolute Gasteiger partial charge is 2.00 e. The van der Waals surface area contributed by atoms with Gasteiger partial charge in [0.25, 0.3) is 0 Å². The third kappa shape index (κ3) is 17.7. The molecular formula is C31H43Cl3F6O6P2Pd+2. The maximum Gasteiger partial charge on any atom is 2.00 e. The van der Waals surface area contributed by atoms with Gasteiger partial charge in [0.2, 0.25) is 0 Å². The number of carboxylic acids is 2. The Balaban J connectivity index is 0. The smallest absolute Gasteiger partial charge is 0.542 e. The fourth-order valence-corrected chi connectivity index (χ4v) is 15.3. The summed E-state index contributed by atoms with van der Waals surface area (Å²) in [6.07, 6.45) is -5.14. The van der Waals surface area contributed by atoms with Crippen molar-refractivity contribution in [3.8, 4) is 0 Å². The number of carboxylic acid groups (broad SMARTS) is 2. The van der Waals surface area contributed by atoms with Crippen LogP contribution < -0.4 is 10.2 Å². The van der Waals surface area contributed by atoms with E-state index in [1.54, 1.807) is 0 Å². The Labute approximate surface area is 316 Å². The number of alkyl halides is 9. The average molecular weight is 901 g/mol. The second kappa shape index (κ2) is 19.5. The Morgan fingerprint density at radius 1 is 0.694 bits per heavy atom. The van der Waals surface area contributed by atoms with Crippen molar-refractivity contribution in [3.05, 3.63) is 35.4 Å². The Bertz CT molecular complexity index is 1200. The number of hydrogen-bond donors (Lipinski definition) is 0. The number of ketones is 2. The average Bonchev–Trinajstić information content (AvgIpc) is 2.81. The molecule has 2 aliphatic heterocycles. The first-order chi connectivity index (χ1) is 21.5. The second-order valence-corrected chi connectivity index (χ2v) is 23.9. The minimum Gasteiger partial charge on any atom is -0.542 e. The van der Waals surface area contributed by atoms with Gasteiger partial charge in [0.05, 0.1) is 34.3 Å². The molecule has 0 atom stereocenters. The second-order valence-electron chi connectivity index (χ2n) is 14.2. The molecule has 0 saturated carbocycles. The predicted octanol–water partition coefficient (Wildman–Crippen LogP) is 7.54. The van der Waals surface area contributed by atoms with Crippen molar-refractivity contribution in [3.63, 3.8) is 0 Å². The van der Waals surface area contributed by atoms with Crippen LogP contribution in [0.15, 0.2) is 24.3 Å².